The van der Waals surface area contributed by atoms with Crippen molar-refractivity contribution in [2.45, 2.75) is 6.04 Å². The van der Waals surface area contributed by atoms with Gasteiger partial charge in [0.15, 0.2) is 5.11 Å². The minimum atomic E-state index is -0.364. The molecule has 1 unspecified atom stereocenters. The van der Waals surface area contributed by atoms with Crippen molar-refractivity contribution >= 4 is 23.4 Å². The molecule has 0 saturated heterocycles. The van der Waals surface area contributed by atoms with Gasteiger partial charge in [-0.05, 0) is 41.6 Å². The first-order valence-electron chi connectivity index (χ1n) is 8.34. The predicted octanol–water partition coefficient (Wildman–Crippen LogP) is 3.42. The third-order valence-electron chi connectivity index (χ3n) is 4.59. The van der Waals surface area contributed by atoms with Crippen molar-refractivity contribution in [2.75, 3.05) is 13.1 Å². The fourth-order valence-corrected chi connectivity index (χ4v) is 3.59. The lowest BCUT2D eigenvalue weighted by atomic mass is 9.89. The Morgan fingerprint density at radius 2 is 1.69 bits per heavy atom. The van der Waals surface area contributed by atoms with Crippen LogP contribution in [-0.4, -0.2) is 18.2 Å². The molecule has 3 N–H and O–H groups in total. The molecule has 0 spiro atoms. The largest absolute Gasteiger partial charge is 0.352 e. The maximum Gasteiger partial charge on any atom is 0.171 e. The van der Waals surface area contributed by atoms with Gasteiger partial charge in [-0.1, -0.05) is 36.4 Å². The van der Waals surface area contributed by atoms with E-state index >= 15 is 0 Å². The fraction of sp³-hybridized carbons (Fsp3) is 0.150. The summed E-state index contributed by atoms with van der Waals surface area (Å²) in [5, 5.41) is 10.1. The van der Waals surface area contributed by atoms with Gasteiger partial charge in [0, 0.05) is 29.9 Å². The Morgan fingerprint density at radius 1 is 0.962 bits per heavy atom. The zero-order chi connectivity index (χ0) is 18.1. The highest BCUT2D eigenvalue weighted by Gasteiger charge is 2.31. The zero-order valence-electron chi connectivity index (χ0n) is 13.9. The Kier molecular flexibility index (Phi) is 4.53. The number of rotatable bonds is 2. The minimum absolute atomic E-state index is 0.283. The average molecular weight is 369 g/mol. The van der Waals surface area contributed by atoms with Crippen molar-refractivity contribution in [3.8, 4) is 0 Å². The van der Waals surface area contributed by atoms with Gasteiger partial charge >= 0.3 is 0 Å². The van der Waals surface area contributed by atoms with Crippen LogP contribution in [0, 0.1) is 11.6 Å². The van der Waals surface area contributed by atoms with E-state index in [1.165, 1.54) is 12.1 Å². The van der Waals surface area contributed by atoms with Crippen molar-refractivity contribution in [3.05, 3.63) is 88.1 Å². The molecule has 0 amide bonds. The molecule has 0 aliphatic carbocycles. The van der Waals surface area contributed by atoms with Gasteiger partial charge in [0.05, 0.1) is 6.04 Å². The van der Waals surface area contributed by atoms with Gasteiger partial charge in [-0.2, -0.15) is 0 Å². The maximum absolute atomic E-state index is 14.3. The van der Waals surface area contributed by atoms with E-state index in [0.717, 1.165) is 16.8 Å². The molecular formula is C20H17F2N3S. The summed E-state index contributed by atoms with van der Waals surface area (Å²) >= 11 is 5.34. The number of hydrogen-bond donors (Lipinski definition) is 3. The summed E-state index contributed by atoms with van der Waals surface area (Å²) in [7, 11) is 0. The van der Waals surface area contributed by atoms with Crippen molar-refractivity contribution in [1.29, 1.82) is 0 Å². The number of halogens is 2. The van der Waals surface area contributed by atoms with Crippen LogP contribution in [0.1, 0.15) is 17.2 Å². The molecule has 132 valence electrons. The number of hydrogen-bond acceptors (Lipinski definition) is 2. The van der Waals surface area contributed by atoms with Crippen LogP contribution in [0.5, 0.6) is 0 Å². The molecule has 4 rings (SSSR count). The molecule has 0 bridgehead atoms. The van der Waals surface area contributed by atoms with Crippen LogP contribution >= 0.6 is 12.2 Å². The van der Waals surface area contributed by atoms with Crippen LogP contribution in [0.4, 0.5) is 8.78 Å². The Labute approximate surface area is 155 Å². The molecule has 2 aliphatic rings. The second-order valence-electron chi connectivity index (χ2n) is 6.25. The number of thiocarbonyl (C=S) groups is 1. The van der Waals surface area contributed by atoms with Crippen LogP contribution in [-0.2, 0) is 0 Å². The van der Waals surface area contributed by atoms with E-state index in [1.54, 1.807) is 42.5 Å². The SMILES string of the molecule is Fc1ccccc1/C=C1\CNCC2=C1NC(=S)NC2c1ccccc1F. The van der Waals surface area contributed by atoms with Gasteiger partial charge < -0.3 is 16.0 Å². The highest BCUT2D eigenvalue weighted by molar-refractivity contribution is 7.80. The fourth-order valence-electron chi connectivity index (χ4n) is 3.37. The maximum atomic E-state index is 14.3. The Bertz CT molecular complexity index is 936. The molecule has 1 atom stereocenters. The minimum Gasteiger partial charge on any atom is -0.352 e. The molecule has 3 nitrogen and oxygen atoms in total. The van der Waals surface area contributed by atoms with Gasteiger partial charge in [0.2, 0.25) is 0 Å². The molecule has 2 aromatic rings. The van der Waals surface area contributed by atoms with Crippen molar-refractivity contribution < 1.29 is 8.78 Å². The molecular weight excluding hydrogens is 352 g/mol. The van der Waals surface area contributed by atoms with Crippen LogP contribution in [0.25, 0.3) is 6.08 Å². The van der Waals surface area contributed by atoms with Crippen molar-refractivity contribution in [1.82, 2.24) is 16.0 Å². The monoisotopic (exact) mass is 369 g/mol. The first-order chi connectivity index (χ1) is 12.6. The Balaban J connectivity index is 1.81. The lowest BCUT2D eigenvalue weighted by Gasteiger charge is -2.36. The lowest BCUT2D eigenvalue weighted by molar-refractivity contribution is 0.559. The third-order valence-corrected chi connectivity index (χ3v) is 4.81. The molecule has 2 aliphatic heterocycles. The van der Waals surface area contributed by atoms with Gasteiger partial charge in [-0.15, -0.1) is 0 Å². The van der Waals surface area contributed by atoms with Gasteiger partial charge in [0.25, 0.3) is 0 Å². The quantitative estimate of drug-likeness (QED) is 0.709. The van der Waals surface area contributed by atoms with E-state index in [2.05, 4.69) is 16.0 Å². The summed E-state index contributed by atoms with van der Waals surface area (Å²) in [6.45, 7) is 1.17. The van der Waals surface area contributed by atoms with E-state index in [0.29, 0.717) is 29.3 Å². The summed E-state index contributed by atoms with van der Waals surface area (Å²) in [6.07, 6.45) is 1.80. The molecule has 0 aromatic heterocycles. The highest BCUT2D eigenvalue weighted by atomic mass is 32.1. The average Bonchev–Trinajstić information content (AvgIpc) is 2.64. The second-order valence-corrected chi connectivity index (χ2v) is 6.66. The first kappa shape index (κ1) is 16.9. The highest BCUT2D eigenvalue weighted by Crippen LogP contribution is 2.32. The number of nitrogens with one attached hydrogen (secondary N) is 3. The van der Waals surface area contributed by atoms with E-state index in [9.17, 15) is 8.78 Å². The normalized spacial score (nSPS) is 21.2. The third kappa shape index (κ3) is 3.13. The van der Waals surface area contributed by atoms with Crippen LogP contribution in [0.3, 0.4) is 0 Å². The van der Waals surface area contributed by atoms with E-state index in [-0.39, 0.29) is 17.7 Å². The molecule has 2 heterocycles. The van der Waals surface area contributed by atoms with Crippen LogP contribution in [0.2, 0.25) is 0 Å². The van der Waals surface area contributed by atoms with Crippen LogP contribution in [0.15, 0.2) is 65.4 Å². The first-order valence-corrected chi connectivity index (χ1v) is 8.75. The standard InChI is InChI=1S/C20H17F2N3S/c21-16-7-3-1-5-12(16)9-13-10-23-11-15-18(13)24-20(26)25-19(15)14-6-2-4-8-17(14)22/h1-9,19,23H,10-11H2,(H2,24,25,26)/b13-9+. The topological polar surface area (TPSA) is 36.1 Å². The smallest absolute Gasteiger partial charge is 0.171 e. The summed E-state index contributed by atoms with van der Waals surface area (Å²) in [5.41, 5.74) is 3.73. The van der Waals surface area contributed by atoms with E-state index in [4.69, 9.17) is 12.2 Å². The molecule has 0 saturated carbocycles. The molecule has 0 fully saturated rings. The summed E-state index contributed by atoms with van der Waals surface area (Å²) in [4.78, 5) is 0. The predicted molar refractivity (Wildman–Crippen MR) is 102 cm³/mol. The van der Waals surface area contributed by atoms with Crippen molar-refractivity contribution in [2.24, 2.45) is 0 Å². The number of benzene rings is 2. The van der Waals surface area contributed by atoms with Gasteiger partial charge in [-0.25, -0.2) is 8.78 Å². The van der Waals surface area contributed by atoms with Gasteiger partial charge in [0.1, 0.15) is 11.6 Å². The molecule has 0 radical (unpaired) electrons. The summed E-state index contributed by atoms with van der Waals surface area (Å²) in [5.74, 6) is -0.568. The zero-order valence-corrected chi connectivity index (χ0v) is 14.7. The molecule has 6 heteroatoms. The van der Waals surface area contributed by atoms with Gasteiger partial charge in [-0.3, -0.25) is 0 Å². The van der Waals surface area contributed by atoms with Crippen molar-refractivity contribution in [3.63, 3.8) is 0 Å². The molecule has 2 aromatic carbocycles. The summed E-state index contributed by atoms with van der Waals surface area (Å²) < 4.78 is 28.4. The lowest BCUT2D eigenvalue weighted by Crippen LogP contribution is -2.49. The van der Waals surface area contributed by atoms with Crippen LogP contribution < -0.4 is 16.0 Å². The Hall–Kier alpha value is -2.57. The summed E-state index contributed by atoms with van der Waals surface area (Å²) in [6, 6.07) is 12.9. The Morgan fingerprint density at radius 3 is 2.46 bits per heavy atom. The second kappa shape index (κ2) is 6.97. The van der Waals surface area contributed by atoms with E-state index < -0.39 is 0 Å². The molecule has 26 heavy (non-hydrogen) atoms. The van der Waals surface area contributed by atoms with E-state index in [1.807, 2.05) is 0 Å².